The summed E-state index contributed by atoms with van der Waals surface area (Å²) in [5.41, 5.74) is 3.35. The van der Waals surface area contributed by atoms with E-state index in [1.807, 2.05) is 48.7 Å². The Hall–Kier alpha value is -3.60. The molecule has 0 saturated heterocycles. The van der Waals surface area contributed by atoms with Crippen LogP contribution in [0.5, 0.6) is 0 Å². The number of nitrogens with one attached hydrogen (secondary N) is 2. The summed E-state index contributed by atoms with van der Waals surface area (Å²) < 4.78 is 0. The molecule has 5 nitrogen and oxygen atoms in total. The first kappa shape index (κ1) is 13.8. The molecular formula is C20H13N3O2. The van der Waals surface area contributed by atoms with Crippen LogP contribution in [0.15, 0.2) is 67.0 Å². The first-order chi connectivity index (χ1) is 12.2. The number of carbonyl (C=O) groups is 2. The first-order valence-corrected chi connectivity index (χ1v) is 7.97. The fourth-order valence-corrected chi connectivity index (χ4v) is 3.46. The van der Waals surface area contributed by atoms with Crippen molar-refractivity contribution in [3.05, 3.63) is 72.6 Å². The zero-order valence-electron chi connectivity index (χ0n) is 13.1. The van der Waals surface area contributed by atoms with Crippen LogP contribution in [0.1, 0.15) is 5.56 Å². The van der Waals surface area contributed by atoms with Crippen molar-refractivity contribution in [3.8, 4) is 0 Å². The fraction of sp³-hybridized carbons (Fsp3) is 0. The van der Waals surface area contributed by atoms with Gasteiger partial charge in [-0.05, 0) is 23.6 Å². The van der Waals surface area contributed by atoms with Gasteiger partial charge in [-0.15, -0.1) is 0 Å². The van der Waals surface area contributed by atoms with Gasteiger partial charge in [0.25, 0.3) is 11.8 Å². The van der Waals surface area contributed by atoms with Gasteiger partial charge in [-0.25, -0.2) is 4.90 Å². The third-order valence-electron chi connectivity index (χ3n) is 4.61. The van der Waals surface area contributed by atoms with Crippen LogP contribution in [0, 0.1) is 0 Å². The largest absolute Gasteiger partial charge is 0.361 e. The van der Waals surface area contributed by atoms with Crippen LogP contribution >= 0.6 is 0 Å². The second-order valence-electron chi connectivity index (χ2n) is 6.00. The monoisotopic (exact) mass is 327 g/mol. The summed E-state index contributed by atoms with van der Waals surface area (Å²) in [6.45, 7) is 0. The van der Waals surface area contributed by atoms with Crippen molar-refractivity contribution in [1.82, 2.24) is 9.97 Å². The van der Waals surface area contributed by atoms with Crippen LogP contribution in [0.4, 0.5) is 5.69 Å². The molecule has 5 rings (SSSR count). The summed E-state index contributed by atoms with van der Waals surface area (Å²) in [6.07, 6.45) is 5.04. The van der Waals surface area contributed by atoms with Crippen LogP contribution in [0.2, 0.25) is 0 Å². The Morgan fingerprint density at radius 3 is 2.24 bits per heavy atom. The van der Waals surface area contributed by atoms with Crippen LogP contribution in [0.25, 0.3) is 27.4 Å². The maximum atomic E-state index is 13.1. The molecular weight excluding hydrogens is 314 g/mol. The Morgan fingerprint density at radius 1 is 0.760 bits per heavy atom. The lowest BCUT2D eigenvalue weighted by molar-refractivity contribution is -0.119. The quantitative estimate of drug-likeness (QED) is 0.552. The molecule has 0 atom stereocenters. The molecule has 0 bridgehead atoms. The molecule has 0 unspecified atom stereocenters. The number of imide groups is 1. The number of carbonyl (C=O) groups excluding carboxylic acids is 2. The second-order valence-corrected chi connectivity index (χ2v) is 6.00. The topological polar surface area (TPSA) is 69.0 Å². The summed E-state index contributed by atoms with van der Waals surface area (Å²) in [4.78, 5) is 33.2. The first-order valence-electron chi connectivity index (χ1n) is 7.97. The minimum atomic E-state index is -0.328. The molecule has 25 heavy (non-hydrogen) atoms. The molecule has 0 aliphatic carbocycles. The number of rotatable bonds is 2. The molecule has 1 aliphatic rings. The van der Waals surface area contributed by atoms with Gasteiger partial charge >= 0.3 is 0 Å². The van der Waals surface area contributed by atoms with Gasteiger partial charge in [0.1, 0.15) is 0 Å². The van der Waals surface area contributed by atoms with Gasteiger partial charge in [0.15, 0.2) is 0 Å². The van der Waals surface area contributed by atoms with E-state index in [2.05, 4.69) is 9.97 Å². The predicted octanol–water partition coefficient (Wildman–Crippen LogP) is 3.61. The summed E-state index contributed by atoms with van der Waals surface area (Å²) >= 11 is 0. The van der Waals surface area contributed by atoms with Crippen LogP contribution < -0.4 is 4.90 Å². The number of aromatic nitrogens is 2. The number of benzene rings is 2. The third-order valence-corrected chi connectivity index (χ3v) is 4.61. The maximum Gasteiger partial charge on any atom is 0.266 e. The standard InChI is InChI=1S/C20H13N3O2/c24-17-11-15(14-5-1-3-12-7-9-21-18(12)14)20(25)23(17)16-6-2-4-13-8-10-22-19(13)16/h1-11,21-22H. The highest BCUT2D eigenvalue weighted by atomic mass is 16.2. The fourth-order valence-electron chi connectivity index (χ4n) is 3.46. The Morgan fingerprint density at radius 2 is 1.44 bits per heavy atom. The number of hydrogen-bond donors (Lipinski definition) is 2. The van der Waals surface area contributed by atoms with Crippen molar-refractivity contribution in [1.29, 1.82) is 0 Å². The van der Waals surface area contributed by atoms with E-state index >= 15 is 0 Å². The highest BCUT2D eigenvalue weighted by molar-refractivity contribution is 6.45. The number of H-pyrrole nitrogens is 2. The molecule has 2 aromatic carbocycles. The van der Waals surface area contributed by atoms with Crippen molar-refractivity contribution < 1.29 is 9.59 Å². The SMILES string of the molecule is O=C1C=C(c2cccc3cc[nH]c23)C(=O)N1c1cccc2cc[nH]c12. The number of amides is 2. The van der Waals surface area contributed by atoms with Gasteiger partial charge in [-0.3, -0.25) is 9.59 Å². The molecule has 120 valence electrons. The zero-order valence-corrected chi connectivity index (χ0v) is 13.1. The molecule has 5 heteroatoms. The van der Waals surface area contributed by atoms with Gasteiger partial charge in [0.05, 0.1) is 22.3 Å². The molecule has 1 aliphatic heterocycles. The van der Waals surface area contributed by atoms with Gasteiger partial charge in [0, 0.05) is 29.4 Å². The van der Waals surface area contributed by atoms with E-state index in [9.17, 15) is 9.59 Å². The molecule has 0 radical (unpaired) electrons. The molecule has 2 amide bonds. The summed E-state index contributed by atoms with van der Waals surface area (Å²) in [5, 5.41) is 1.96. The summed E-state index contributed by atoms with van der Waals surface area (Å²) in [7, 11) is 0. The molecule has 0 fully saturated rings. The van der Waals surface area contributed by atoms with Crippen molar-refractivity contribution >= 4 is 44.9 Å². The van der Waals surface area contributed by atoms with Crippen LogP contribution in [-0.2, 0) is 9.59 Å². The molecule has 2 N–H and O–H groups in total. The van der Waals surface area contributed by atoms with E-state index in [1.54, 1.807) is 12.3 Å². The highest BCUT2D eigenvalue weighted by Gasteiger charge is 2.34. The summed E-state index contributed by atoms with van der Waals surface area (Å²) in [6, 6.07) is 15.1. The van der Waals surface area contributed by atoms with Crippen LogP contribution in [-0.4, -0.2) is 21.8 Å². The van der Waals surface area contributed by atoms with Crippen molar-refractivity contribution in [3.63, 3.8) is 0 Å². The zero-order chi connectivity index (χ0) is 17.0. The number of nitrogens with zero attached hydrogens (tertiary/aromatic N) is 1. The molecule has 0 saturated carbocycles. The average molecular weight is 327 g/mol. The lowest BCUT2D eigenvalue weighted by Crippen LogP contribution is -2.30. The molecule has 2 aromatic heterocycles. The number of fused-ring (bicyclic) bond motifs is 2. The van der Waals surface area contributed by atoms with Gasteiger partial charge in [-0.1, -0.05) is 30.3 Å². The van der Waals surface area contributed by atoms with Crippen LogP contribution in [0.3, 0.4) is 0 Å². The van der Waals surface area contributed by atoms with E-state index < -0.39 is 0 Å². The van der Waals surface area contributed by atoms with Gasteiger partial charge in [-0.2, -0.15) is 0 Å². The normalized spacial score (nSPS) is 14.7. The number of para-hydroxylation sites is 2. The van der Waals surface area contributed by atoms with E-state index in [1.165, 1.54) is 11.0 Å². The lowest BCUT2D eigenvalue weighted by Gasteiger charge is -2.16. The third kappa shape index (κ3) is 1.89. The molecule has 0 spiro atoms. The second kappa shape index (κ2) is 4.95. The lowest BCUT2D eigenvalue weighted by atomic mass is 10.0. The number of hydrogen-bond acceptors (Lipinski definition) is 2. The van der Waals surface area contributed by atoms with Crippen molar-refractivity contribution in [2.24, 2.45) is 0 Å². The smallest absolute Gasteiger partial charge is 0.266 e. The minimum Gasteiger partial charge on any atom is -0.361 e. The number of aromatic amines is 2. The average Bonchev–Trinajstić information content (AvgIpc) is 3.33. The maximum absolute atomic E-state index is 13.1. The Kier molecular flexibility index (Phi) is 2.73. The van der Waals surface area contributed by atoms with E-state index in [0.29, 0.717) is 11.3 Å². The highest BCUT2D eigenvalue weighted by Crippen LogP contribution is 2.34. The molecule has 3 heterocycles. The van der Waals surface area contributed by atoms with Gasteiger partial charge < -0.3 is 9.97 Å². The Bertz CT molecular complexity index is 1200. The van der Waals surface area contributed by atoms with Crippen molar-refractivity contribution in [2.75, 3.05) is 4.90 Å². The van der Waals surface area contributed by atoms with E-state index in [4.69, 9.17) is 0 Å². The summed E-state index contributed by atoms with van der Waals surface area (Å²) in [5.74, 6) is -0.639. The minimum absolute atomic E-state index is 0.311. The number of anilines is 1. The van der Waals surface area contributed by atoms with Crippen molar-refractivity contribution in [2.45, 2.75) is 0 Å². The Balaban J connectivity index is 1.65. The van der Waals surface area contributed by atoms with E-state index in [-0.39, 0.29) is 11.8 Å². The molecule has 4 aromatic rings. The Labute approximate surface area is 142 Å². The van der Waals surface area contributed by atoms with Gasteiger partial charge in [0.2, 0.25) is 0 Å². The van der Waals surface area contributed by atoms with E-state index in [0.717, 1.165) is 27.4 Å². The predicted molar refractivity (Wildman–Crippen MR) is 97.1 cm³/mol.